The molecule has 2 heterocycles. The lowest BCUT2D eigenvalue weighted by atomic mass is 9.77. The van der Waals surface area contributed by atoms with Gasteiger partial charge in [0, 0.05) is 35.5 Å². The number of carbonyl (C=O) groups is 1. The third-order valence-electron chi connectivity index (χ3n) is 7.29. The molecule has 2 aliphatic carbocycles. The van der Waals surface area contributed by atoms with Crippen molar-refractivity contribution in [1.82, 2.24) is 14.9 Å². The van der Waals surface area contributed by atoms with E-state index in [2.05, 4.69) is 24.9 Å². The van der Waals surface area contributed by atoms with Crippen molar-refractivity contribution in [3.63, 3.8) is 0 Å². The average molecular weight is 392 g/mol. The summed E-state index contributed by atoms with van der Waals surface area (Å²) in [5.74, 6) is 1.40. The summed E-state index contributed by atoms with van der Waals surface area (Å²) < 4.78 is 0. The SMILES string of the molecule is Cc1cc(C)c(C(=O)N2CCCC3(CCc4c3nc(C3CC3)[nH]c4=O)C2)cc1C. The van der Waals surface area contributed by atoms with Gasteiger partial charge in [-0.15, -0.1) is 0 Å². The summed E-state index contributed by atoms with van der Waals surface area (Å²) in [7, 11) is 0. The summed E-state index contributed by atoms with van der Waals surface area (Å²) >= 11 is 0. The van der Waals surface area contributed by atoms with Crippen molar-refractivity contribution in [1.29, 1.82) is 0 Å². The van der Waals surface area contributed by atoms with Crippen LogP contribution in [0.15, 0.2) is 16.9 Å². The van der Waals surface area contributed by atoms with Crippen molar-refractivity contribution in [2.75, 3.05) is 13.1 Å². The second kappa shape index (κ2) is 6.54. The van der Waals surface area contributed by atoms with Crippen LogP contribution >= 0.6 is 0 Å². The van der Waals surface area contributed by atoms with Gasteiger partial charge in [-0.05, 0) is 82.1 Å². The Labute approximate surface area is 171 Å². The van der Waals surface area contributed by atoms with Crippen LogP contribution in [0, 0.1) is 20.8 Å². The van der Waals surface area contributed by atoms with Gasteiger partial charge in [-0.3, -0.25) is 9.59 Å². The molecule has 3 aliphatic rings. The fourth-order valence-corrected chi connectivity index (χ4v) is 5.28. The van der Waals surface area contributed by atoms with Gasteiger partial charge >= 0.3 is 0 Å². The fourth-order valence-electron chi connectivity index (χ4n) is 5.28. The molecule has 1 aromatic carbocycles. The zero-order valence-electron chi connectivity index (χ0n) is 17.6. The van der Waals surface area contributed by atoms with E-state index in [1.807, 2.05) is 17.9 Å². The highest BCUT2D eigenvalue weighted by molar-refractivity contribution is 5.96. The monoisotopic (exact) mass is 391 g/mol. The van der Waals surface area contributed by atoms with Gasteiger partial charge in [-0.25, -0.2) is 4.98 Å². The number of carbonyl (C=O) groups excluding carboxylic acids is 1. The summed E-state index contributed by atoms with van der Waals surface area (Å²) in [4.78, 5) is 36.1. The lowest BCUT2D eigenvalue weighted by Crippen LogP contribution is -2.48. The van der Waals surface area contributed by atoms with Crippen LogP contribution in [0.4, 0.5) is 0 Å². The molecule has 0 radical (unpaired) electrons. The number of piperidine rings is 1. The Morgan fingerprint density at radius 3 is 2.66 bits per heavy atom. The molecule has 1 atom stereocenters. The first-order valence-electron chi connectivity index (χ1n) is 10.9. The van der Waals surface area contributed by atoms with Crippen molar-refractivity contribution in [2.24, 2.45) is 0 Å². The molecule has 5 rings (SSSR count). The maximum Gasteiger partial charge on any atom is 0.254 e. The quantitative estimate of drug-likeness (QED) is 0.849. The molecule has 1 spiro atoms. The van der Waals surface area contributed by atoms with Crippen LogP contribution in [0.5, 0.6) is 0 Å². The largest absolute Gasteiger partial charge is 0.338 e. The number of benzene rings is 1. The molecule has 2 aromatic rings. The van der Waals surface area contributed by atoms with Gasteiger partial charge in [0.25, 0.3) is 11.5 Å². The van der Waals surface area contributed by atoms with Crippen LogP contribution in [0.25, 0.3) is 0 Å². The Balaban J connectivity index is 1.49. The van der Waals surface area contributed by atoms with E-state index >= 15 is 0 Å². The summed E-state index contributed by atoms with van der Waals surface area (Å²) in [6.07, 6.45) is 5.89. The highest BCUT2D eigenvalue weighted by Gasteiger charge is 2.46. The molecule has 1 aliphatic heterocycles. The lowest BCUT2D eigenvalue weighted by molar-refractivity contribution is 0.0632. The zero-order chi connectivity index (χ0) is 20.3. The Morgan fingerprint density at radius 1 is 1.14 bits per heavy atom. The second-order valence-electron chi connectivity index (χ2n) is 9.41. The van der Waals surface area contributed by atoms with E-state index in [9.17, 15) is 9.59 Å². The molecule has 1 amide bonds. The van der Waals surface area contributed by atoms with Gasteiger partial charge in [0.2, 0.25) is 0 Å². The fraction of sp³-hybridized carbons (Fsp3) is 0.542. The second-order valence-corrected chi connectivity index (χ2v) is 9.41. The van der Waals surface area contributed by atoms with Gasteiger partial charge in [0.1, 0.15) is 5.82 Å². The minimum atomic E-state index is -0.158. The van der Waals surface area contributed by atoms with Crippen molar-refractivity contribution in [3.8, 4) is 0 Å². The molecule has 1 saturated carbocycles. The van der Waals surface area contributed by atoms with E-state index in [0.717, 1.165) is 78.8 Å². The lowest BCUT2D eigenvalue weighted by Gasteiger charge is -2.40. The zero-order valence-corrected chi connectivity index (χ0v) is 17.6. The first-order chi connectivity index (χ1) is 13.9. The van der Waals surface area contributed by atoms with Gasteiger partial charge in [0.05, 0.1) is 5.69 Å². The average Bonchev–Trinajstić information content (AvgIpc) is 3.49. The van der Waals surface area contributed by atoms with Crippen LogP contribution < -0.4 is 5.56 Å². The number of aryl methyl sites for hydroxylation is 3. The number of fused-ring (bicyclic) bond motifs is 2. The number of nitrogens with one attached hydrogen (secondary N) is 1. The smallest absolute Gasteiger partial charge is 0.254 e. The Bertz CT molecular complexity index is 1070. The Hall–Kier alpha value is -2.43. The maximum absolute atomic E-state index is 13.4. The standard InChI is InChI=1S/C24H29N3O2/c1-14-11-16(3)19(12-15(14)2)23(29)27-10-4-8-24(13-27)9-7-18-20(24)25-21(17-5-6-17)26-22(18)28/h11-12,17H,4-10,13H2,1-3H3,(H,25,26,28). The van der Waals surface area contributed by atoms with E-state index < -0.39 is 0 Å². The van der Waals surface area contributed by atoms with E-state index in [1.165, 1.54) is 5.56 Å². The van der Waals surface area contributed by atoms with Gasteiger partial charge in [-0.2, -0.15) is 0 Å². The van der Waals surface area contributed by atoms with E-state index in [1.54, 1.807) is 0 Å². The van der Waals surface area contributed by atoms with Crippen molar-refractivity contribution < 1.29 is 4.79 Å². The summed E-state index contributed by atoms with van der Waals surface area (Å²) in [6.45, 7) is 7.62. The Morgan fingerprint density at radius 2 is 1.90 bits per heavy atom. The molecule has 0 bridgehead atoms. The molecular formula is C24H29N3O2. The molecular weight excluding hydrogens is 362 g/mol. The van der Waals surface area contributed by atoms with Crippen LogP contribution in [-0.2, 0) is 11.8 Å². The number of aromatic amines is 1. The number of rotatable bonds is 2. The number of nitrogens with zero attached hydrogens (tertiary/aromatic N) is 2. The number of hydrogen-bond donors (Lipinski definition) is 1. The predicted molar refractivity (Wildman–Crippen MR) is 113 cm³/mol. The first kappa shape index (κ1) is 18.6. The van der Waals surface area contributed by atoms with E-state index in [4.69, 9.17) is 4.98 Å². The topological polar surface area (TPSA) is 66.1 Å². The summed E-state index contributed by atoms with van der Waals surface area (Å²) in [6, 6.07) is 4.14. The highest BCUT2D eigenvalue weighted by Crippen LogP contribution is 2.45. The summed E-state index contributed by atoms with van der Waals surface area (Å²) in [5.41, 5.74) is 5.94. The maximum atomic E-state index is 13.4. The van der Waals surface area contributed by atoms with Crippen molar-refractivity contribution in [3.05, 3.63) is 61.8 Å². The molecule has 5 heteroatoms. The first-order valence-corrected chi connectivity index (χ1v) is 10.9. The number of aromatic nitrogens is 2. The van der Waals surface area contributed by atoms with Gasteiger partial charge in [-0.1, -0.05) is 6.07 Å². The molecule has 29 heavy (non-hydrogen) atoms. The molecule has 152 valence electrons. The highest BCUT2D eigenvalue weighted by atomic mass is 16.2. The number of amides is 1. The third kappa shape index (κ3) is 3.02. The van der Waals surface area contributed by atoms with E-state index in [0.29, 0.717) is 12.5 Å². The van der Waals surface area contributed by atoms with E-state index in [-0.39, 0.29) is 16.9 Å². The van der Waals surface area contributed by atoms with Gasteiger partial charge in [0.15, 0.2) is 0 Å². The minimum absolute atomic E-state index is 0.0437. The van der Waals surface area contributed by atoms with Crippen LogP contribution in [0.3, 0.4) is 0 Å². The molecule has 1 unspecified atom stereocenters. The molecule has 1 saturated heterocycles. The van der Waals surface area contributed by atoms with Crippen LogP contribution in [0.1, 0.15) is 82.2 Å². The molecule has 1 N–H and O–H groups in total. The molecule has 1 aromatic heterocycles. The predicted octanol–water partition coefficient (Wildman–Crippen LogP) is 3.69. The normalized spacial score (nSPS) is 23.5. The summed E-state index contributed by atoms with van der Waals surface area (Å²) in [5, 5.41) is 0. The third-order valence-corrected chi connectivity index (χ3v) is 7.29. The number of H-pyrrole nitrogens is 1. The van der Waals surface area contributed by atoms with Crippen molar-refractivity contribution >= 4 is 5.91 Å². The molecule has 5 nitrogen and oxygen atoms in total. The number of likely N-dealkylation sites (tertiary alicyclic amines) is 1. The molecule has 2 fully saturated rings. The van der Waals surface area contributed by atoms with Crippen LogP contribution in [0.2, 0.25) is 0 Å². The van der Waals surface area contributed by atoms with Crippen molar-refractivity contribution in [2.45, 2.75) is 70.6 Å². The minimum Gasteiger partial charge on any atom is -0.338 e. The van der Waals surface area contributed by atoms with Gasteiger partial charge < -0.3 is 9.88 Å². The van der Waals surface area contributed by atoms with Crippen LogP contribution in [-0.4, -0.2) is 33.9 Å². The number of hydrogen-bond acceptors (Lipinski definition) is 3. The Kier molecular flexibility index (Phi) is 4.19.